The van der Waals surface area contributed by atoms with E-state index in [0.717, 1.165) is 31.5 Å². The number of nitrogens with one attached hydrogen (secondary N) is 1. The van der Waals surface area contributed by atoms with Gasteiger partial charge in [0.15, 0.2) is 0 Å². The lowest BCUT2D eigenvalue weighted by molar-refractivity contribution is 0.00578. The Balaban J connectivity index is 1.56. The maximum Gasteiger partial charge on any atom is 0.498 e. The molecule has 2 saturated heterocycles. The molecule has 2 fully saturated rings. The van der Waals surface area contributed by atoms with Crippen LogP contribution >= 0.6 is 0 Å². The Labute approximate surface area is 150 Å². The smallest absolute Gasteiger partial charge is 0.399 e. The molecule has 3 rings (SSSR count). The summed E-state index contributed by atoms with van der Waals surface area (Å²) in [6.07, 6.45) is 5.84. The SMILES string of the molecule is CC1(C)OB(c2cnc(NC[C@H]3CCCN3CCO)nc2)OC1(C)C. The van der Waals surface area contributed by atoms with Crippen LogP contribution in [0.4, 0.5) is 5.95 Å². The molecule has 0 unspecified atom stereocenters. The van der Waals surface area contributed by atoms with E-state index in [1.54, 1.807) is 12.4 Å². The molecule has 138 valence electrons. The van der Waals surface area contributed by atoms with Crippen molar-refractivity contribution in [2.75, 3.05) is 31.6 Å². The fourth-order valence-electron chi connectivity index (χ4n) is 3.29. The minimum absolute atomic E-state index is 0.204. The van der Waals surface area contributed by atoms with Crippen LogP contribution in [0.3, 0.4) is 0 Å². The van der Waals surface area contributed by atoms with Gasteiger partial charge in [-0.1, -0.05) is 0 Å². The van der Waals surface area contributed by atoms with Crippen molar-refractivity contribution in [3.8, 4) is 0 Å². The molecule has 0 spiro atoms. The Morgan fingerprint density at radius 2 is 1.88 bits per heavy atom. The zero-order valence-electron chi connectivity index (χ0n) is 15.7. The van der Waals surface area contributed by atoms with E-state index in [4.69, 9.17) is 14.4 Å². The van der Waals surface area contributed by atoms with Gasteiger partial charge in [-0.15, -0.1) is 0 Å². The number of aromatic nitrogens is 2. The van der Waals surface area contributed by atoms with E-state index < -0.39 is 7.12 Å². The average molecular weight is 348 g/mol. The number of likely N-dealkylation sites (tertiary alicyclic amines) is 1. The number of β-amino-alcohol motifs (C(OH)–C–C–N with tert-alkyl or cyclic N) is 1. The van der Waals surface area contributed by atoms with Crippen LogP contribution in [0.15, 0.2) is 12.4 Å². The first-order chi connectivity index (χ1) is 11.8. The zero-order valence-corrected chi connectivity index (χ0v) is 15.7. The van der Waals surface area contributed by atoms with E-state index in [1.807, 2.05) is 27.7 Å². The number of aliphatic hydroxyl groups excluding tert-OH is 1. The van der Waals surface area contributed by atoms with E-state index in [2.05, 4.69) is 20.2 Å². The van der Waals surface area contributed by atoms with Gasteiger partial charge in [0.2, 0.25) is 5.95 Å². The quantitative estimate of drug-likeness (QED) is 0.731. The van der Waals surface area contributed by atoms with Crippen LogP contribution in [-0.4, -0.2) is 70.6 Å². The molecular weight excluding hydrogens is 319 g/mol. The third kappa shape index (κ3) is 3.97. The summed E-state index contributed by atoms with van der Waals surface area (Å²) in [6, 6.07) is 0.429. The lowest BCUT2D eigenvalue weighted by atomic mass is 9.81. The lowest BCUT2D eigenvalue weighted by Crippen LogP contribution is -2.41. The molecule has 2 aliphatic heterocycles. The van der Waals surface area contributed by atoms with Crippen LogP contribution in [-0.2, 0) is 9.31 Å². The van der Waals surface area contributed by atoms with Gasteiger partial charge in [0.05, 0.1) is 17.8 Å². The molecule has 0 aliphatic carbocycles. The Bertz CT molecular complexity index is 566. The third-order valence-corrected chi connectivity index (χ3v) is 5.58. The van der Waals surface area contributed by atoms with Crippen molar-refractivity contribution in [2.45, 2.75) is 57.8 Å². The third-order valence-electron chi connectivity index (χ3n) is 5.58. The van der Waals surface area contributed by atoms with Crippen LogP contribution in [0.25, 0.3) is 0 Å². The van der Waals surface area contributed by atoms with Crippen LogP contribution in [0.2, 0.25) is 0 Å². The lowest BCUT2D eigenvalue weighted by Gasteiger charge is -2.32. The van der Waals surface area contributed by atoms with Crippen molar-refractivity contribution in [3.63, 3.8) is 0 Å². The highest BCUT2D eigenvalue weighted by Crippen LogP contribution is 2.36. The average Bonchev–Trinajstić information content (AvgIpc) is 3.08. The van der Waals surface area contributed by atoms with Gasteiger partial charge in [-0.25, -0.2) is 9.97 Å². The first-order valence-electron chi connectivity index (χ1n) is 9.09. The highest BCUT2D eigenvalue weighted by molar-refractivity contribution is 6.61. The molecule has 0 radical (unpaired) electrons. The summed E-state index contributed by atoms with van der Waals surface area (Å²) in [7, 11) is -0.436. The van der Waals surface area contributed by atoms with E-state index in [-0.39, 0.29) is 17.8 Å². The molecule has 2 aliphatic rings. The van der Waals surface area contributed by atoms with Crippen molar-refractivity contribution >= 4 is 18.5 Å². The van der Waals surface area contributed by atoms with Gasteiger partial charge in [0.1, 0.15) is 0 Å². The summed E-state index contributed by atoms with van der Waals surface area (Å²) < 4.78 is 12.0. The molecule has 25 heavy (non-hydrogen) atoms. The van der Waals surface area contributed by atoms with Crippen molar-refractivity contribution < 1.29 is 14.4 Å². The molecular formula is C17H29BN4O3. The summed E-state index contributed by atoms with van der Waals surface area (Å²) in [5.41, 5.74) is 0.0902. The van der Waals surface area contributed by atoms with Crippen LogP contribution in [0.1, 0.15) is 40.5 Å². The molecule has 0 bridgehead atoms. The highest BCUT2D eigenvalue weighted by Gasteiger charge is 2.51. The summed E-state index contributed by atoms with van der Waals surface area (Å²) in [5.74, 6) is 0.608. The molecule has 2 N–H and O–H groups in total. The molecule has 0 aromatic carbocycles. The van der Waals surface area contributed by atoms with Crippen molar-refractivity contribution in [1.29, 1.82) is 0 Å². The molecule has 1 atom stereocenters. The summed E-state index contributed by atoms with van der Waals surface area (Å²) in [6.45, 7) is 10.9. The second-order valence-electron chi connectivity index (χ2n) is 7.86. The van der Waals surface area contributed by atoms with Crippen molar-refractivity contribution in [1.82, 2.24) is 14.9 Å². The monoisotopic (exact) mass is 348 g/mol. The van der Waals surface area contributed by atoms with E-state index in [1.165, 1.54) is 6.42 Å². The molecule has 1 aromatic heterocycles. The summed E-state index contributed by atoms with van der Waals surface area (Å²) >= 11 is 0. The Morgan fingerprint density at radius 1 is 1.24 bits per heavy atom. The minimum atomic E-state index is -0.436. The highest BCUT2D eigenvalue weighted by atomic mass is 16.7. The topological polar surface area (TPSA) is 79.7 Å². The standard InChI is InChI=1S/C17H29BN4O3/c1-16(2)17(3,4)25-18(24-16)13-10-19-15(20-11-13)21-12-14-6-5-7-22(14)8-9-23/h10-11,14,23H,5-9,12H2,1-4H3,(H,19,20,21)/t14-/m1/s1. The van der Waals surface area contributed by atoms with Crippen LogP contribution < -0.4 is 10.8 Å². The maximum absolute atomic E-state index is 9.13. The zero-order chi connectivity index (χ0) is 18.1. The van der Waals surface area contributed by atoms with Gasteiger partial charge in [0.25, 0.3) is 0 Å². The minimum Gasteiger partial charge on any atom is -0.399 e. The fourth-order valence-corrected chi connectivity index (χ4v) is 3.29. The maximum atomic E-state index is 9.13. The van der Waals surface area contributed by atoms with Gasteiger partial charge in [-0.3, -0.25) is 4.90 Å². The second-order valence-corrected chi connectivity index (χ2v) is 7.86. The number of anilines is 1. The number of hydrogen-bond acceptors (Lipinski definition) is 7. The normalized spacial score (nSPS) is 25.5. The van der Waals surface area contributed by atoms with Gasteiger partial charge >= 0.3 is 7.12 Å². The first-order valence-corrected chi connectivity index (χ1v) is 9.09. The van der Waals surface area contributed by atoms with E-state index in [9.17, 15) is 0 Å². The van der Waals surface area contributed by atoms with E-state index >= 15 is 0 Å². The predicted octanol–water partition coefficient (Wildman–Crippen LogP) is 0.644. The second kappa shape index (κ2) is 7.19. The summed E-state index contributed by atoms with van der Waals surface area (Å²) in [5, 5.41) is 12.4. The van der Waals surface area contributed by atoms with Crippen molar-refractivity contribution in [3.05, 3.63) is 12.4 Å². The molecule has 1 aromatic rings. The number of aliphatic hydroxyl groups is 1. The first kappa shape index (κ1) is 18.6. The molecule has 0 amide bonds. The van der Waals surface area contributed by atoms with Crippen LogP contribution in [0.5, 0.6) is 0 Å². The molecule has 7 nitrogen and oxygen atoms in total. The van der Waals surface area contributed by atoms with E-state index in [0.29, 0.717) is 12.0 Å². The Morgan fingerprint density at radius 3 is 2.48 bits per heavy atom. The molecule has 3 heterocycles. The van der Waals surface area contributed by atoms with Gasteiger partial charge in [0, 0.05) is 37.0 Å². The summed E-state index contributed by atoms with van der Waals surface area (Å²) in [4.78, 5) is 11.1. The van der Waals surface area contributed by atoms with Gasteiger partial charge in [-0.05, 0) is 47.1 Å². The number of hydrogen-bond donors (Lipinski definition) is 2. The molecule has 0 saturated carbocycles. The largest absolute Gasteiger partial charge is 0.498 e. The predicted molar refractivity (Wildman–Crippen MR) is 97.9 cm³/mol. The number of rotatable bonds is 6. The van der Waals surface area contributed by atoms with Gasteiger partial charge in [-0.2, -0.15) is 0 Å². The molecule has 8 heteroatoms. The van der Waals surface area contributed by atoms with Crippen LogP contribution in [0, 0.1) is 0 Å². The Kier molecular flexibility index (Phi) is 5.34. The Hall–Kier alpha value is -1.22. The number of nitrogens with zero attached hydrogens (tertiary/aromatic N) is 3. The fraction of sp³-hybridized carbons (Fsp3) is 0.765. The van der Waals surface area contributed by atoms with Gasteiger partial charge < -0.3 is 19.7 Å². The van der Waals surface area contributed by atoms with Crippen molar-refractivity contribution in [2.24, 2.45) is 0 Å².